The van der Waals surface area contributed by atoms with Crippen molar-refractivity contribution in [2.24, 2.45) is 0 Å². The van der Waals surface area contributed by atoms with Crippen molar-refractivity contribution in [3.63, 3.8) is 0 Å². The lowest BCUT2D eigenvalue weighted by Crippen LogP contribution is -2.45. The normalized spacial score (nSPS) is 15.3. The Balaban J connectivity index is 0.00000171. The number of halogens is 2. The minimum Gasteiger partial charge on any atom is -0.494 e. The first-order valence-electron chi connectivity index (χ1n) is 11.2. The van der Waals surface area contributed by atoms with E-state index >= 15 is 0 Å². The third kappa shape index (κ3) is 6.30. The second kappa shape index (κ2) is 12.3. The Kier molecular flexibility index (Phi) is 9.47. The number of hydrogen-bond donors (Lipinski definition) is 1. The number of nitrogens with zero attached hydrogens (tertiary/aromatic N) is 4. The van der Waals surface area contributed by atoms with Crippen LogP contribution in [0, 0.1) is 11.3 Å². The van der Waals surface area contributed by atoms with Crippen LogP contribution in [-0.4, -0.2) is 52.5 Å². The highest BCUT2D eigenvalue weighted by Crippen LogP contribution is 2.34. The summed E-state index contributed by atoms with van der Waals surface area (Å²) in [4.78, 5) is 20.5. The number of carbonyl (C=O) groups excluding carboxylic acids is 1. The molecule has 0 atom stereocenters. The van der Waals surface area contributed by atoms with Crippen LogP contribution in [0.3, 0.4) is 0 Å². The minimum absolute atomic E-state index is 0. The van der Waals surface area contributed by atoms with Gasteiger partial charge in [0.1, 0.15) is 11.4 Å². The molecule has 1 N–H and O–H groups in total. The van der Waals surface area contributed by atoms with E-state index in [0.717, 1.165) is 65.9 Å². The summed E-state index contributed by atoms with van der Waals surface area (Å²) in [5, 5.41) is 13.1. The van der Waals surface area contributed by atoms with Crippen LogP contribution in [0.1, 0.15) is 30.5 Å². The Hall–Kier alpha value is -2.70. The molecule has 1 saturated heterocycles. The van der Waals surface area contributed by atoms with Crippen LogP contribution in [0.25, 0.3) is 11.7 Å². The van der Waals surface area contributed by atoms with Crippen molar-refractivity contribution in [3.8, 4) is 11.8 Å². The van der Waals surface area contributed by atoms with Gasteiger partial charge in [-0.1, -0.05) is 17.8 Å². The highest BCUT2D eigenvalue weighted by Gasteiger charge is 2.24. The Morgan fingerprint density at radius 1 is 1.17 bits per heavy atom. The number of rotatable bonds is 7. The summed E-state index contributed by atoms with van der Waals surface area (Å²) in [6.07, 6.45) is 6.59. The zero-order chi connectivity index (χ0) is 22.6. The fourth-order valence-corrected chi connectivity index (χ4v) is 5.25. The van der Waals surface area contributed by atoms with Gasteiger partial charge in [-0.15, -0.1) is 24.8 Å². The molecule has 0 radical (unpaired) electrons. The smallest absolute Gasteiger partial charge is 0.258 e. The van der Waals surface area contributed by atoms with E-state index in [4.69, 9.17) is 10.00 Å². The van der Waals surface area contributed by atoms with Gasteiger partial charge in [0.05, 0.1) is 40.1 Å². The van der Waals surface area contributed by atoms with E-state index < -0.39 is 0 Å². The SMILES string of the molecule is Cl.Cl.N#Cc1ccc(OCCCN2CCC(NC(=O)C3=Cc4cnc5cccc(n45)S3)CC2)cc1. The molecule has 5 rings (SSSR count). The molecule has 2 aliphatic rings. The monoisotopic (exact) mass is 531 g/mol. The predicted octanol–water partition coefficient (Wildman–Crippen LogP) is 4.55. The minimum atomic E-state index is -0.00119. The van der Waals surface area contributed by atoms with Crippen LogP contribution in [0.5, 0.6) is 5.75 Å². The van der Waals surface area contributed by atoms with Crippen molar-refractivity contribution in [2.45, 2.75) is 30.3 Å². The summed E-state index contributed by atoms with van der Waals surface area (Å²) >= 11 is 1.50. The first-order chi connectivity index (χ1) is 16.2. The molecule has 0 saturated carbocycles. The van der Waals surface area contributed by atoms with Crippen molar-refractivity contribution in [2.75, 3.05) is 26.2 Å². The molecule has 2 aromatic heterocycles. The third-order valence-electron chi connectivity index (χ3n) is 6.03. The average molecular weight is 532 g/mol. The molecule has 0 unspecified atom stereocenters. The molecular weight excluding hydrogens is 505 g/mol. The highest BCUT2D eigenvalue weighted by molar-refractivity contribution is 8.04. The zero-order valence-electron chi connectivity index (χ0n) is 19.1. The Bertz CT molecular complexity index is 1230. The van der Waals surface area contributed by atoms with Gasteiger partial charge in [0.15, 0.2) is 0 Å². The number of nitrogens with one attached hydrogen (secondary N) is 1. The van der Waals surface area contributed by atoms with Gasteiger partial charge in [0.2, 0.25) is 0 Å². The molecule has 0 spiro atoms. The second-order valence-electron chi connectivity index (χ2n) is 8.28. The fraction of sp³-hybridized carbons (Fsp3) is 0.320. The Morgan fingerprint density at radius 3 is 2.69 bits per heavy atom. The maximum Gasteiger partial charge on any atom is 0.258 e. The van der Waals surface area contributed by atoms with Crippen molar-refractivity contribution >= 4 is 54.2 Å². The molecule has 4 heterocycles. The number of aromatic nitrogens is 2. The van der Waals surface area contributed by atoms with E-state index in [1.807, 2.05) is 42.6 Å². The van der Waals surface area contributed by atoms with Gasteiger partial charge < -0.3 is 15.0 Å². The van der Waals surface area contributed by atoms with Gasteiger partial charge in [-0.3, -0.25) is 9.20 Å². The molecule has 35 heavy (non-hydrogen) atoms. The molecule has 2 aliphatic heterocycles. The summed E-state index contributed by atoms with van der Waals surface area (Å²) in [5.74, 6) is 0.795. The van der Waals surface area contributed by atoms with Crippen molar-refractivity contribution in [1.29, 1.82) is 5.26 Å². The molecule has 7 nitrogen and oxygen atoms in total. The largest absolute Gasteiger partial charge is 0.494 e. The average Bonchev–Trinajstić information content (AvgIpc) is 3.28. The molecule has 1 aromatic carbocycles. The first-order valence-corrected chi connectivity index (χ1v) is 12.0. The van der Waals surface area contributed by atoms with E-state index in [-0.39, 0.29) is 36.8 Å². The lowest BCUT2D eigenvalue weighted by Gasteiger charge is -2.32. The molecule has 1 fully saturated rings. The van der Waals surface area contributed by atoms with Crippen LogP contribution < -0.4 is 10.1 Å². The lowest BCUT2D eigenvalue weighted by atomic mass is 10.0. The summed E-state index contributed by atoms with van der Waals surface area (Å²) < 4.78 is 7.84. The first kappa shape index (κ1) is 26.9. The third-order valence-corrected chi connectivity index (χ3v) is 7.08. The quantitative estimate of drug-likeness (QED) is 0.450. The van der Waals surface area contributed by atoms with Crippen LogP contribution in [-0.2, 0) is 4.79 Å². The van der Waals surface area contributed by atoms with Gasteiger partial charge in [-0.05, 0) is 61.7 Å². The number of hydrogen-bond acceptors (Lipinski definition) is 6. The second-order valence-corrected chi connectivity index (χ2v) is 9.34. The molecule has 0 bridgehead atoms. The predicted molar refractivity (Wildman–Crippen MR) is 142 cm³/mol. The summed E-state index contributed by atoms with van der Waals surface area (Å²) in [6, 6.07) is 15.5. The van der Waals surface area contributed by atoms with E-state index in [0.29, 0.717) is 12.2 Å². The van der Waals surface area contributed by atoms with Crippen molar-refractivity contribution in [3.05, 3.63) is 64.8 Å². The van der Waals surface area contributed by atoms with Gasteiger partial charge in [-0.2, -0.15) is 5.26 Å². The maximum atomic E-state index is 12.9. The number of carbonyl (C=O) groups is 1. The van der Waals surface area contributed by atoms with E-state index in [1.54, 1.807) is 12.1 Å². The van der Waals surface area contributed by atoms with Crippen molar-refractivity contribution < 1.29 is 9.53 Å². The number of amides is 1. The molecule has 3 aromatic rings. The number of thioether (sulfide) groups is 1. The number of nitriles is 1. The topological polar surface area (TPSA) is 82.7 Å². The van der Waals surface area contributed by atoms with Gasteiger partial charge in [0.25, 0.3) is 5.91 Å². The van der Waals surface area contributed by atoms with Crippen LogP contribution in [0.4, 0.5) is 0 Å². The number of likely N-dealkylation sites (tertiary alicyclic amines) is 1. The summed E-state index contributed by atoms with van der Waals surface area (Å²) in [7, 11) is 0. The number of piperidine rings is 1. The number of ether oxygens (including phenoxy) is 1. The molecule has 184 valence electrons. The molecule has 0 aliphatic carbocycles. The standard InChI is InChI=1S/C25H25N5O2S.2ClH/c26-16-18-5-7-21(8-6-18)32-14-2-11-29-12-9-19(10-13-29)28-25(31)22-15-20-17-27-23-3-1-4-24(33-22)30(20)23;;/h1,3-8,15,17,19H,2,9-14H2,(H,28,31);2*1H. The van der Waals surface area contributed by atoms with E-state index in [9.17, 15) is 4.79 Å². The van der Waals surface area contributed by atoms with Crippen molar-refractivity contribution in [1.82, 2.24) is 19.6 Å². The molecular formula is C25H27Cl2N5O2S. The van der Waals surface area contributed by atoms with E-state index in [2.05, 4.69) is 25.7 Å². The fourth-order valence-electron chi connectivity index (χ4n) is 4.26. The maximum absolute atomic E-state index is 12.9. The summed E-state index contributed by atoms with van der Waals surface area (Å²) in [5.41, 5.74) is 2.49. The Labute approximate surface area is 221 Å². The number of pyridine rings is 1. The van der Waals surface area contributed by atoms with Crippen LogP contribution in [0.15, 0.2) is 58.6 Å². The zero-order valence-corrected chi connectivity index (χ0v) is 21.5. The number of benzene rings is 1. The Morgan fingerprint density at radius 2 is 1.94 bits per heavy atom. The van der Waals surface area contributed by atoms with E-state index in [1.165, 1.54) is 11.8 Å². The molecule has 1 amide bonds. The highest BCUT2D eigenvalue weighted by atomic mass is 35.5. The molecule has 10 heteroatoms. The van der Waals surface area contributed by atoms with Gasteiger partial charge in [-0.25, -0.2) is 4.98 Å². The van der Waals surface area contributed by atoms with Gasteiger partial charge >= 0.3 is 0 Å². The number of imidazole rings is 1. The van der Waals surface area contributed by atoms with Gasteiger partial charge in [0, 0.05) is 25.7 Å². The van der Waals surface area contributed by atoms with Crippen LogP contribution >= 0.6 is 36.6 Å². The lowest BCUT2D eigenvalue weighted by molar-refractivity contribution is -0.117. The summed E-state index contributed by atoms with van der Waals surface area (Å²) in [6.45, 7) is 3.57. The van der Waals surface area contributed by atoms with Crippen LogP contribution in [0.2, 0.25) is 0 Å².